The number of nitrogens with one attached hydrogen (secondary N) is 1. The number of rotatable bonds is 3. The van der Waals surface area contributed by atoms with E-state index in [1.807, 2.05) is 6.92 Å². The molecule has 3 aromatic rings. The summed E-state index contributed by atoms with van der Waals surface area (Å²) in [4.78, 5) is 12.5. The van der Waals surface area contributed by atoms with Crippen LogP contribution in [0.25, 0.3) is 11.3 Å². The van der Waals surface area contributed by atoms with Crippen molar-refractivity contribution in [2.24, 2.45) is 0 Å². The quantitative estimate of drug-likeness (QED) is 0.671. The zero-order valence-corrected chi connectivity index (χ0v) is 13.9. The number of carbonyl (C=O) groups is 1. The summed E-state index contributed by atoms with van der Waals surface area (Å²) in [6.45, 7) is 3.59. The summed E-state index contributed by atoms with van der Waals surface area (Å²) >= 11 is 5.99. The first-order valence-corrected chi connectivity index (χ1v) is 7.76. The minimum atomic E-state index is -0.321. The lowest BCUT2D eigenvalue weighted by Gasteiger charge is -2.06. The zero-order chi connectivity index (χ0) is 17.3. The van der Waals surface area contributed by atoms with E-state index < -0.39 is 0 Å². The first kappa shape index (κ1) is 16.3. The Hall–Kier alpha value is -2.59. The van der Waals surface area contributed by atoms with E-state index in [0.717, 1.165) is 5.56 Å². The van der Waals surface area contributed by atoms with E-state index in [1.165, 1.54) is 12.1 Å². The number of hydrogen-bond acceptors (Lipinski definition) is 2. The SMILES string of the molecule is Cc1cc(NC(=O)c2cc(-c3ccc(F)cc3)oc2C)ccc1Cl. The minimum Gasteiger partial charge on any atom is -0.461 e. The average Bonchev–Trinajstić information content (AvgIpc) is 2.93. The molecule has 3 nitrogen and oxygen atoms in total. The molecule has 0 spiro atoms. The molecular formula is C19H15ClFNO2. The molecule has 0 saturated carbocycles. The smallest absolute Gasteiger partial charge is 0.259 e. The van der Waals surface area contributed by atoms with Gasteiger partial charge in [-0.1, -0.05) is 11.6 Å². The van der Waals surface area contributed by atoms with Gasteiger partial charge in [-0.2, -0.15) is 0 Å². The van der Waals surface area contributed by atoms with E-state index in [0.29, 0.717) is 33.4 Å². The van der Waals surface area contributed by atoms with Crippen LogP contribution >= 0.6 is 11.6 Å². The molecule has 0 bridgehead atoms. The highest BCUT2D eigenvalue weighted by Gasteiger charge is 2.16. The lowest BCUT2D eigenvalue weighted by Crippen LogP contribution is -2.12. The number of furan rings is 1. The van der Waals surface area contributed by atoms with Crippen LogP contribution in [0, 0.1) is 19.7 Å². The Kier molecular flexibility index (Phi) is 4.40. The molecule has 3 rings (SSSR count). The fourth-order valence-corrected chi connectivity index (χ4v) is 2.50. The molecule has 122 valence electrons. The summed E-state index contributed by atoms with van der Waals surface area (Å²) in [5, 5.41) is 3.47. The Morgan fingerprint density at radius 2 is 1.79 bits per heavy atom. The topological polar surface area (TPSA) is 42.2 Å². The largest absolute Gasteiger partial charge is 0.461 e. The third kappa shape index (κ3) is 3.34. The molecule has 0 atom stereocenters. The highest BCUT2D eigenvalue weighted by atomic mass is 35.5. The van der Waals surface area contributed by atoms with Gasteiger partial charge in [0.25, 0.3) is 5.91 Å². The number of benzene rings is 2. The maximum absolute atomic E-state index is 13.0. The highest BCUT2D eigenvalue weighted by molar-refractivity contribution is 6.31. The Morgan fingerprint density at radius 1 is 1.08 bits per heavy atom. The maximum atomic E-state index is 13.0. The van der Waals surface area contributed by atoms with Gasteiger partial charge in [0.1, 0.15) is 17.3 Å². The van der Waals surface area contributed by atoms with Crippen LogP contribution in [0.4, 0.5) is 10.1 Å². The van der Waals surface area contributed by atoms with Crippen molar-refractivity contribution >= 4 is 23.2 Å². The Labute approximate surface area is 144 Å². The van der Waals surface area contributed by atoms with Gasteiger partial charge in [-0.25, -0.2) is 4.39 Å². The Balaban J connectivity index is 1.85. The summed E-state index contributed by atoms with van der Waals surface area (Å²) < 4.78 is 18.7. The number of anilines is 1. The normalized spacial score (nSPS) is 10.7. The summed E-state index contributed by atoms with van der Waals surface area (Å²) in [5.74, 6) is 0.423. The van der Waals surface area contributed by atoms with E-state index in [1.54, 1.807) is 43.3 Å². The molecule has 1 aromatic heterocycles. The van der Waals surface area contributed by atoms with Crippen LogP contribution in [0.1, 0.15) is 21.7 Å². The van der Waals surface area contributed by atoms with Gasteiger partial charge in [0.15, 0.2) is 0 Å². The molecule has 0 unspecified atom stereocenters. The van der Waals surface area contributed by atoms with E-state index in [9.17, 15) is 9.18 Å². The third-order valence-corrected chi connectivity index (χ3v) is 4.13. The van der Waals surface area contributed by atoms with E-state index in [4.69, 9.17) is 16.0 Å². The number of hydrogen-bond donors (Lipinski definition) is 1. The van der Waals surface area contributed by atoms with E-state index in [-0.39, 0.29) is 11.7 Å². The van der Waals surface area contributed by atoms with E-state index in [2.05, 4.69) is 5.32 Å². The van der Waals surface area contributed by atoms with Gasteiger partial charge in [0.05, 0.1) is 5.56 Å². The second kappa shape index (κ2) is 6.49. The van der Waals surface area contributed by atoms with Crippen LogP contribution in [-0.4, -0.2) is 5.91 Å². The molecule has 2 aromatic carbocycles. The standard InChI is InChI=1S/C19H15ClFNO2/c1-11-9-15(7-8-17(11)20)22-19(23)16-10-18(24-12(16)2)13-3-5-14(21)6-4-13/h3-10H,1-2H3,(H,22,23). The van der Waals surface area contributed by atoms with Crippen LogP contribution in [0.3, 0.4) is 0 Å². The first-order chi connectivity index (χ1) is 11.4. The molecule has 24 heavy (non-hydrogen) atoms. The van der Waals surface area contributed by atoms with Crippen LogP contribution in [0.5, 0.6) is 0 Å². The second-order valence-electron chi connectivity index (χ2n) is 5.51. The summed E-state index contributed by atoms with van der Waals surface area (Å²) in [6, 6.07) is 12.8. The van der Waals surface area contributed by atoms with Gasteiger partial charge < -0.3 is 9.73 Å². The number of halogens is 2. The van der Waals surface area contributed by atoms with Gasteiger partial charge in [-0.3, -0.25) is 4.79 Å². The minimum absolute atomic E-state index is 0.272. The first-order valence-electron chi connectivity index (χ1n) is 7.38. The number of aryl methyl sites for hydroxylation is 2. The number of carbonyl (C=O) groups excluding carboxylic acids is 1. The van der Waals surface area contributed by atoms with Crippen LogP contribution in [0.2, 0.25) is 5.02 Å². The van der Waals surface area contributed by atoms with Gasteiger partial charge in [-0.15, -0.1) is 0 Å². The van der Waals surface area contributed by atoms with Gasteiger partial charge in [0.2, 0.25) is 0 Å². The van der Waals surface area contributed by atoms with Crippen molar-refractivity contribution in [1.29, 1.82) is 0 Å². The fourth-order valence-electron chi connectivity index (χ4n) is 2.38. The molecule has 0 saturated heterocycles. The maximum Gasteiger partial charge on any atom is 0.259 e. The fraction of sp³-hybridized carbons (Fsp3) is 0.105. The van der Waals surface area contributed by atoms with Crippen molar-refractivity contribution in [3.05, 3.63) is 76.3 Å². The van der Waals surface area contributed by atoms with Crippen molar-refractivity contribution in [3.8, 4) is 11.3 Å². The van der Waals surface area contributed by atoms with Crippen LogP contribution in [-0.2, 0) is 0 Å². The molecule has 1 heterocycles. The monoisotopic (exact) mass is 343 g/mol. The lowest BCUT2D eigenvalue weighted by atomic mass is 10.1. The summed E-state index contributed by atoms with van der Waals surface area (Å²) in [6.07, 6.45) is 0. The zero-order valence-electron chi connectivity index (χ0n) is 13.2. The molecule has 1 amide bonds. The van der Waals surface area contributed by atoms with Gasteiger partial charge >= 0.3 is 0 Å². The van der Waals surface area contributed by atoms with E-state index >= 15 is 0 Å². The van der Waals surface area contributed by atoms with Crippen molar-refractivity contribution in [2.45, 2.75) is 13.8 Å². The van der Waals surface area contributed by atoms with Crippen molar-refractivity contribution in [1.82, 2.24) is 0 Å². The summed E-state index contributed by atoms with van der Waals surface area (Å²) in [5.41, 5.74) is 2.68. The Morgan fingerprint density at radius 3 is 2.46 bits per heavy atom. The van der Waals surface area contributed by atoms with Crippen molar-refractivity contribution < 1.29 is 13.6 Å². The summed E-state index contributed by atoms with van der Waals surface area (Å²) in [7, 11) is 0. The second-order valence-corrected chi connectivity index (χ2v) is 5.91. The van der Waals surface area contributed by atoms with Gasteiger partial charge in [0, 0.05) is 16.3 Å². The predicted molar refractivity (Wildman–Crippen MR) is 93.0 cm³/mol. The number of amides is 1. The van der Waals surface area contributed by atoms with Crippen molar-refractivity contribution in [3.63, 3.8) is 0 Å². The average molecular weight is 344 g/mol. The molecule has 0 radical (unpaired) electrons. The van der Waals surface area contributed by atoms with Crippen LogP contribution < -0.4 is 5.32 Å². The molecular weight excluding hydrogens is 329 g/mol. The molecule has 1 N–H and O–H groups in total. The van der Waals surface area contributed by atoms with Gasteiger partial charge in [-0.05, 0) is 67.9 Å². The Bertz CT molecular complexity index is 900. The molecule has 0 aliphatic rings. The highest BCUT2D eigenvalue weighted by Crippen LogP contribution is 2.27. The van der Waals surface area contributed by atoms with Crippen molar-refractivity contribution in [2.75, 3.05) is 5.32 Å². The molecule has 0 aliphatic heterocycles. The predicted octanol–water partition coefficient (Wildman–Crippen LogP) is 5.61. The lowest BCUT2D eigenvalue weighted by molar-refractivity contribution is 0.102. The molecule has 5 heteroatoms. The molecule has 0 fully saturated rings. The van der Waals surface area contributed by atoms with Crippen LogP contribution in [0.15, 0.2) is 52.9 Å². The molecule has 0 aliphatic carbocycles. The third-order valence-electron chi connectivity index (χ3n) is 3.71.